The molecule has 1 aromatic heterocycles. The largest absolute Gasteiger partial charge is 0.438 e. The minimum Gasteiger partial charge on any atom is -0.438 e. The van der Waals surface area contributed by atoms with Gasteiger partial charge in [-0.15, -0.1) is 0 Å². The third-order valence-electron chi connectivity index (χ3n) is 2.72. The van der Waals surface area contributed by atoms with E-state index in [1.54, 1.807) is 6.07 Å². The van der Waals surface area contributed by atoms with Crippen LogP contribution in [0.25, 0.3) is 0 Å². The van der Waals surface area contributed by atoms with Crippen molar-refractivity contribution < 1.29 is 4.74 Å². The van der Waals surface area contributed by atoms with Gasteiger partial charge in [0.25, 0.3) is 0 Å². The van der Waals surface area contributed by atoms with E-state index in [1.807, 2.05) is 32.9 Å². The van der Waals surface area contributed by atoms with Crippen molar-refractivity contribution in [3.05, 3.63) is 45.8 Å². The van der Waals surface area contributed by atoms with E-state index in [2.05, 4.69) is 9.97 Å². The summed E-state index contributed by atoms with van der Waals surface area (Å²) in [6.45, 7) is 5.97. The van der Waals surface area contributed by atoms with E-state index in [0.29, 0.717) is 21.8 Å². The molecule has 0 aliphatic heterocycles. The van der Waals surface area contributed by atoms with Gasteiger partial charge in [0.1, 0.15) is 17.2 Å². The van der Waals surface area contributed by atoms with Crippen molar-refractivity contribution >= 4 is 23.2 Å². The molecular formula is C14H14Cl2N2O. The lowest BCUT2D eigenvalue weighted by Gasteiger charge is -2.14. The lowest BCUT2D eigenvalue weighted by atomic mass is 10.1. The Morgan fingerprint density at radius 3 is 2.53 bits per heavy atom. The molecule has 2 aromatic rings. The molecule has 0 aliphatic carbocycles. The van der Waals surface area contributed by atoms with Gasteiger partial charge in [-0.05, 0) is 36.6 Å². The SMILES string of the molecule is Cc1cc(Cl)ccc1Oc1ncnc(Cl)c1C(C)C. The summed E-state index contributed by atoms with van der Waals surface area (Å²) in [5.74, 6) is 1.37. The van der Waals surface area contributed by atoms with Gasteiger partial charge in [0.15, 0.2) is 0 Å². The van der Waals surface area contributed by atoms with Crippen molar-refractivity contribution in [3.63, 3.8) is 0 Å². The van der Waals surface area contributed by atoms with Crippen LogP contribution in [-0.4, -0.2) is 9.97 Å². The predicted octanol–water partition coefficient (Wildman–Crippen LogP) is 5.01. The second-order valence-electron chi connectivity index (χ2n) is 4.55. The lowest BCUT2D eigenvalue weighted by molar-refractivity contribution is 0.448. The predicted molar refractivity (Wildman–Crippen MR) is 77.4 cm³/mol. The zero-order valence-electron chi connectivity index (χ0n) is 10.9. The lowest BCUT2D eigenvalue weighted by Crippen LogP contribution is -2.00. The van der Waals surface area contributed by atoms with E-state index in [-0.39, 0.29) is 5.92 Å². The van der Waals surface area contributed by atoms with Gasteiger partial charge in [0.05, 0.1) is 5.56 Å². The Kier molecular flexibility index (Phi) is 4.27. The molecule has 0 amide bonds. The fourth-order valence-corrected chi connectivity index (χ4v) is 2.33. The molecular weight excluding hydrogens is 283 g/mol. The van der Waals surface area contributed by atoms with E-state index in [9.17, 15) is 0 Å². The van der Waals surface area contributed by atoms with Crippen LogP contribution in [0.1, 0.15) is 30.9 Å². The van der Waals surface area contributed by atoms with Crippen molar-refractivity contribution in [2.45, 2.75) is 26.7 Å². The van der Waals surface area contributed by atoms with E-state index in [0.717, 1.165) is 11.1 Å². The topological polar surface area (TPSA) is 35.0 Å². The first-order valence-corrected chi connectivity index (χ1v) is 6.69. The van der Waals surface area contributed by atoms with Crippen LogP contribution in [0.4, 0.5) is 0 Å². The Hall–Kier alpha value is -1.32. The molecule has 2 rings (SSSR count). The molecule has 0 saturated carbocycles. The smallest absolute Gasteiger partial charge is 0.227 e. The molecule has 0 radical (unpaired) electrons. The number of halogens is 2. The molecule has 100 valence electrons. The average Bonchev–Trinajstić information content (AvgIpc) is 2.32. The minimum atomic E-state index is 0.177. The highest BCUT2D eigenvalue weighted by atomic mass is 35.5. The van der Waals surface area contributed by atoms with E-state index < -0.39 is 0 Å². The molecule has 0 atom stereocenters. The quantitative estimate of drug-likeness (QED) is 0.747. The molecule has 0 aliphatic rings. The Morgan fingerprint density at radius 2 is 1.89 bits per heavy atom. The monoisotopic (exact) mass is 296 g/mol. The molecule has 3 nitrogen and oxygen atoms in total. The first-order valence-electron chi connectivity index (χ1n) is 5.93. The highest BCUT2D eigenvalue weighted by molar-refractivity contribution is 6.30. The maximum Gasteiger partial charge on any atom is 0.227 e. The van der Waals surface area contributed by atoms with Crippen molar-refractivity contribution in [2.75, 3.05) is 0 Å². The summed E-state index contributed by atoms with van der Waals surface area (Å²) in [5, 5.41) is 1.10. The van der Waals surface area contributed by atoms with Crippen LogP contribution in [0.15, 0.2) is 24.5 Å². The number of aromatic nitrogens is 2. The number of aryl methyl sites for hydroxylation is 1. The summed E-state index contributed by atoms with van der Waals surface area (Å²) >= 11 is 12.0. The molecule has 0 unspecified atom stereocenters. The standard InChI is InChI=1S/C14H14Cl2N2O/c1-8(2)12-13(16)17-7-18-14(12)19-11-5-4-10(15)6-9(11)3/h4-8H,1-3H3. The summed E-state index contributed by atoms with van der Waals surface area (Å²) in [5.41, 5.74) is 1.75. The first-order chi connectivity index (χ1) is 8.99. The van der Waals surface area contributed by atoms with Crippen molar-refractivity contribution in [2.24, 2.45) is 0 Å². The normalized spacial score (nSPS) is 10.8. The van der Waals surface area contributed by atoms with Gasteiger partial charge in [0, 0.05) is 5.02 Å². The van der Waals surface area contributed by atoms with Gasteiger partial charge < -0.3 is 4.74 Å². The van der Waals surface area contributed by atoms with Crippen molar-refractivity contribution in [1.29, 1.82) is 0 Å². The first kappa shape index (κ1) is 14.1. The minimum absolute atomic E-state index is 0.177. The van der Waals surface area contributed by atoms with Gasteiger partial charge in [-0.3, -0.25) is 0 Å². The van der Waals surface area contributed by atoms with Crippen LogP contribution < -0.4 is 4.74 Å². The third-order valence-corrected chi connectivity index (χ3v) is 3.26. The van der Waals surface area contributed by atoms with Crippen LogP contribution in [0.3, 0.4) is 0 Å². The second kappa shape index (κ2) is 5.76. The summed E-state index contributed by atoms with van der Waals surface area (Å²) in [4.78, 5) is 8.16. The highest BCUT2D eigenvalue weighted by Crippen LogP contribution is 2.34. The molecule has 0 spiro atoms. The summed E-state index contributed by atoms with van der Waals surface area (Å²) in [6.07, 6.45) is 1.40. The zero-order valence-corrected chi connectivity index (χ0v) is 12.5. The Bertz CT molecular complexity index is 600. The number of ether oxygens (including phenoxy) is 1. The summed E-state index contributed by atoms with van der Waals surface area (Å²) < 4.78 is 5.84. The van der Waals surface area contributed by atoms with E-state index >= 15 is 0 Å². The molecule has 0 N–H and O–H groups in total. The van der Waals surface area contributed by atoms with Crippen LogP contribution in [-0.2, 0) is 0 Å². The Balaban J connectivity index is 2.41. The van der Waals surface area contributed by atoms with E-state index in [1.165, 1.54) is 6.33 Å². The molecule has 19 heavy (non-hydrogen) atoms. The van der Waals surface area contributed by atoms with Gasteiger partial charge in [0.2, 0.25) is 5.88 Å². The molecule has 0 saturated heterocycles. The number of nitrogens with zero attached hydrogens (tertiary/aromatic N) is 2. The second-order valence-corrected chi connectivity index (χ2v) is 5.34. The highest BCUT2D eigenvalue weighted by Gasteiger charge is 2.16. The van der Waals surface area contributed by atoms with E-state index in [4.69, 9.17) is 27.9 Å². The van der Waals surface area contributed by atoms with Crippen LogP contribution in [0, 0.1) is 6.92 Å². The van der Waals surface area contributed by atoms with Gasteiger partial charge in [-0.25, -0.2) is 9.97 Å². The maximum atomic E-state index is 6.10. The molecule has 1 heterocycles. The average molecular weight is 297 g/mol. The van der Waals surface area contributed by atoms with Crippen molar-refractivity contribution in [3.8, 4) is 11.6 Å². The number of rotatable bonds is 3. The van der Waals surface area contributed by atoms with Gasteiger partial charge in [-0.1, -0.05) is 37.0 Å². The number of hydrogen-bond acceptors (Lipinski definition) is 3. The zero-order chi connectivity index (χ0) is 14.0. The van der Waals surface area contributed by atoms with Crippen LogP contribution in [0.2, 0.25) is 10.2 Å². The fourth-order valence-electron chi connectivity index (χ4n) is 1.76. The van der Waals surface area contributed by atoms with Crippen LogP contribution in [0.5, 0.6) is 11.6 Å². The number of benzene rings is 1. The van der Waals surface area contributed by atoms with Gasteiger partial charge >= 0.3 is 0 Å². The molecule has 0 fully saturated rings. The summed E-state index contributed by atoms with van der Waals surface area (Å²) in [7, 11) is 0. The Labute approximate surface area is 122 Å². The molecule has 0 bridgehead atoms. The third kappa shape index (κ3) is 3.17. The van der Waals surface area contributed by atoms with Crippen LogP contribution >= 0.6 is 23.2 Å². The van der Waals surface area contributed by atoms with Crippen molar-refractivity contribution in [1.82, 2.24) is 9.97 Å². The summed E-state index contributed by atoms with van der Waals surface area (Å²) in [6, 6.07) is 5.44. The van der Waals surface area contributed by atoms with Gasteiger partial charge in [-0.2, -0.15) is 0 Å². The number of hydrogen-bond donors (Lipinski definition) is 0. The Morgan fingerprint density at radius 1 is 1.16 bits per heavy atom. The fraction of sp³-hybridized carbons (Fsp3) is 0.286. The maximum absolute atomic E-state index is 6.10. The molecule has 5 heteroatoms. The molecule has 1 aromatic carbocycles.